The molecule has 3 unspecified atom stereocenters. The molecule has 0 radical (unpaired) electrons. The van der Waals surface area contributed by atoms with Crippen molar-refractivity contribution < 1.29 is 0 Å². The number of hydrogen-bond acceptors (Lipinski definition) is 2. The number of nitrogens with zero attached hydrogens (tertiary/aromatic N) is 3. The Kier molecular flexibility index (Phi) is 6.73. The second kappa shape index (κ2) is 10.6. The van der Waals surface area contributed by atoms with E-state index in [2.05, 4.69) is 141 Å². The van der Waals surface area contributed by atoms with Crippen LogP contribution in [0.1, 0.15) is 181 Å². The van der Waals surface area contributed by atoms with Gasteiger partial charge in [0, 0.05) is 28.0 Å². The van der Waals surface area contributed by atoms with Gasteiger partial charge in [-0.1, -0.05) is 111 Å². The van der Waals surface area contributed by atoms with Crippen molar-refractivity contribution in [3.63, 3.8) is 0 Å². The van der Waals surface area contributed by atoms with Crippen LogP contribution >= 0.6 is 0 Å². The highest BCUT2D eigenvalue weighted by Crippen LogP contribution is 2.70. The average molecular weight is 722 g/mol. The molecule has 2 heterocycles. The predicted molar refractivity (Wildman–Crippen MR) is 227 cm³/mol. The number of nitriles is 2. The molecule has 10 rings (SSSR count). The van der Waals surface area contributed by atoms with Gasteiger partial charge in [-0.15, -0.1) is 0 Å². The lowest BCUT2D eigenvalue weighted by Gasteiger charge is -2.54. The Morgan fingerprint density at radius 2 is 1.64 bits per heavy atom. The Morgan fingerprint density at radius 3 is 2.35 bits per heavy atom. The van der Waals surface area contributed by atoms with E-state index in [1.807, 2.05) is 0 Å². The Hall–Kier alpha value is -4.60. The zero-order valence-corrected chi connectivity index (χ0v) is 34.9. The van der Waals surface area contributed by atoms with Gasteiger partial charge in [-0.3, -0.25) is 0 Å². The Bertz CT molecular complexity index is 2660. The normalized spacial score (nSPS) is 24.9. The number of benzene rings is 3. The number of allylic oxidation sites excluding steroid dienone is 4. The molecule has 3 nitrogen and oxygen atoms in total. The SMILES string of the molecule is CC1CC2=Cc3c(C#N)cc4c(c3C2C1)C1(C)CC2=C(c3c1n-4c1cc(C#N)c4c(c31)C=CCCC4)C(C)(C)C(C)(C)c1cccc(C(C)(C)C(C)(C)C)c12. The van der Waals surface area contributed by atoms with E-state index in [9.17, 15) is 10.5 Å². The van der Waals surface area contributed by atoms with Crippen LogP contribution in [-0.4, -0.2) is 4.57 Å². The first kappa shape index (κ1) is 34.9. The van der Waals surface area contributed by atoms with Crippen molar-refractivity contribution in [2.75, 3.05) is 0 Å². The third-order valence-corrected chi connectivity index (χ3v) is 16.6. The topological polar surface area (TPSA) is 52.5 Å². The maximum Gasteiger partial charge on any atom is 0.0998 e. The smallest absolute Gasteiger partial charge is 0.0998 e. The van der Waals surface area contributed by atoms with Gasteiger partial charge < -0.3 is 4.57 Å². The van der Waals surface area contributed by atoms with Crippen molar-refractivity contribution in [1.82, 2.24) is 4.57 Å². The van der Waals surface area contributed by atoms with Crippen LogP contribution in [-0.2, 0) is 22.7 Å². The van der Waals surface area contributed by atoms with E-state index in [1.54, 1.807) is 0 Å². The van der Waals surface area contributed by atoms with Gasteiger partial charge in [-0.2, -0.15) is 10.5 Å². The minimum Gasteiger partial charge on any atom is -0.312 e. The summed E-state index contributed by atoms with van der Waals surface area (Å²) >= 11 is 0. The standard InChI is InChI=1S/C52H55N3/c1-28-20-29-22-35-31(27-54)24-40-46(41(35)34(29)21-28)52(11)25-36-42-37(49(5,6)48(2,3)4)18-15-19-38(42)50(7,8)51(9,10)45(36)44-43-33-17-14-12-13-16-32(33)30(26-53)23-39(43)55(40)47(44)52/h14-15,17-19,22-24,28,34H,12-13,16,20-21,25H2,1-11H3. The molecule has 0 spiro atoms. The molecule has 6 aliphatic rings. The van der Waals surface area contributed by atoms with E-state index in [-0.39, 0.29) is 27.1 Å². The summed E-state index contributed by atoms with van der Waals surface area (Å²) < 4.78 is 2.56. The molecule has 3 heteroatoms. The minimum atomic E-state index is -0.336. The summed E-state index contributed by atoms with van der Waals surface area (Å²) in [4.78, 5) is 0. The number of rotatable bonds is 1. The lowest BCUT2D eigenvalue weighted by Crippen LogP contribution is -2.45. The summed E-state index contributed by atoms with van der Waals surface area (Å²) in [5.74, 6) is 0.990. The fraction of sp³-hybridized carbons (Fsp3) is 0.462. The summed E-state index contributed by atoms with van der Waals surface area (Å²) in [6.07, 6.45) is 13.2. The summed E-state index contributed by atoms with van der Waals surface area (Å²) in [6, 6.07) is 17.0. The van der Waals surface area contributed by atoms with Crippen LogP contribution in [0.4, 0.5) is 0 Å². The van der Waals surface area contributed by atoms with Crippen LogP contribution in [0.25, 0.3) is 39.9 Å². The number of aromatic nitrogens is 1. The van der Waals surface area contributed by atoms with Crippen molar-refractivity contribution in [3.8, 4) is 17.8 Å². The molecule has 5 aliphatic carbocycles. The van der Waals surface area contributed by atoms with Crippen LogP contribution in [0.3, 0.4) is 0 Å². The van der Waals surface area contributed by atoms with E-state index >= 15 is 0 Å². The zero-order valence-electron chi connectivity index (χ0n) is 34.9. The maximum absolute atomic E-state index is 10.8. The molecule has 0 bridgehead atoms. The molecule has 3 atom stereocenters. The van der Waals surface area contributed by atoms with Crippen molar-refractivity contribution >= 4 is 34.2 Å². The number of hydrogen-bond donors (Lipinski definition) is 0. The van der Waals surface area contributed by atoms with E-state index in [1.165, 1.54) is 83.6 Å². The lowest BCUT2D eigenvalue weighted by atomic mass is 9.49. The molecule has 4 aromatic rings. The minimum absolute atomic E-state index is 0.0330. The van der Waals surface area contributed by atoms with Crippen LogP contribution in [0.2, 0.25) is 0 Å². The van der Waals surface area contributed by atoms with Crippen LogP contribution in [0.15, 0.2) is 42.0 Å². The first-order chi connectivity index (χ1) is 25.9. The monoisotopic (exact) mass is 721 g/mol. The highest BCUT2D eigenvalue weighted by atomic mass is 15.1. The Balaban J connectivity index is 1.43. The van der Waals surface area contributed by atoms with Gasteiger partial charge in [0.1, 0.15) is 0 Å². The fourth-order valence-corrected chi connectivity index (χ4v) is 12.3. The van der Waals surface area contributed by atoms with Gasteiger partial charge in [0.2, 0.25) is 0 Å². The van der Waals surface area contributed by atoms with Gasteiger partial charge >= 0.3 is 0 Å². The van der Waals surface area contributed by atoms with Gasteiger partial charge in [0.25, 0.3) is 0 Å². The predicted octanol–water partition coefficient (Wildman–Crippen LogP) is 13.2. The summed E-state index contributed by atoms with van der Waals surface area (Å²) in [5.41, 5.74) is 21.2. The number of fused-ring (bicyclic) bond motifs is 15. The molecule has 1 fully saturated rings. The molecule has 3 aromatic carbocycles. The third-order valence-electron chi connectivity index (χ3n) is 16.6. The molecule has 1 saturated carbocycles. The van der Waals surface area contributed by atoms with Gasteiger partial charge in [-0.05, 0) is 141 Å². The first-order valence-corrected chi connectivity index (χ1v) is 20.9. The van der Waals surface area contributed by atoms with Gasteiger partial charge in [0.05, 0.1) is 34.5 Å². The Labute approximate surface area is 328 Å². The first-order valence-electron chi connectivity index (χ1n) is 20.9. The van der Waals surface area contributed by atoms with Crippen LogP contribution in [0.5, 0.6) is 0 Å². The largest absolute Gasteiger partial charge is 0.312 e. The van der Waals surface area contributed by atoms with Crippen molar-refractivity contribution in [2.45, 2.75) is 137 Å². The Morgan fingerprint density at radius 1 is 0.891 bits per heavy atom. The van der Waals surface area contributed by atoms with E-state index in [0.29, 0.717) is 11.8 Å². The lowest BCUT2D eigenvalue weighted by molar-refractivity contribution is 0.222. The molecule has 55 heavy (non-hydrogen) atoms. The highest BCUT2D eigenvalue weighted by molar-refractivity contribution is 6.13. The van der Waals surface area contributed by atoms with Gasteiger partial charge in [-0.25, -0.2) is 0 Å². The maximum atomic E-state index is 10.8. The van der Waals surface area contributed by atoms with E-state index in [4.69, 9.17) is 0 Å². The van der Waals surface area contributed by atoms with Crippen molar-refractivity contribution in [3.05, 3.63) is 109 Å². The van der Waals surface area contributed by atoms with Crippen molar-refractivity contribution in [2.24, 2.45) is 16.7 Å². The molecular weight excluding hydrogens is 667 g/mol. The molecular formula is C52H55N3. The average Bonchev–Trinajstić information content (AvgIpc) is 3.77. The molecule has 0 N–H and O–H groups in total. The molecule has 278 valence electrons. The van der Waals surface area contributed by atoms with Crippen LogP contribution in [0, 0.1) is 39.4 Å². The highest BCUT2D eigenvalue weighted by Gasteiger charge is 2.58. The molecule has 0 amide bonds. The summed E-state index contributed by atoms with van der Waals surface area (Å²) in [5, 5.41) is 22.9. The van der Waals surface area contributed by atoms with Crippen LogP contribution < -0.4 is 0 Å². The van der Waals surface area contributed by atoms with Gasteiger partial charge in [0.15, 0.2) is 0 Å². The third kappa shape index (κ3) is 4.01. The quantitative estimate of drug-likeness (QED) is 0.196. The van der Waals surface area contributed by atoms with E-state index < -0.39 is 0 Å². The molecule has 0 saturated heterocycles. The summed E-state index contributed by atoms with van der Waals surface area (Å²) in [6.45, 7) is 27.0. The molecule has 1 aliphatic heterocycles. The second-order valence-electron chi connectivity index (χ2n) is 21.0. The van der Waals surface area contributed by atoms with Crippen molar-refractivity contribution in [1.29, 1.82) is 10.5 Å². The zero-order chi connectivity index (χ0) is 38.9. The van der Waals surface area contributed by atoms with E-state index in [0.717, 1.165) is 55.2 Å². The fourth-order valence-electron chi connectivity index (χ4n) is 12.3. The second-order valence-corrected chi connectivity index (χ2v) is 21.0. The summed E-state index contributed by atoms with van der Waals surface area (Å²) in [7, 11) is 0. The molecule has 1 aromatic heterocycles.